The van der Waals surface area contributed by atoms with Gasteiger partial charge in [0, 0.05) is 26.6 Å². The molecule has 154 valence electrons. The summed E-state index contributed by atoms with van der Waals surface area (Å²) in [4.78, 5) is 24.4. The van der Waals surface area contributed by atoms with E-state index in [1.807, 2.05) is 55.7 Å². The van der Waals surface area contributed by atoms with Crippen LogP contribution in [0.3, 0.4) is 0 Å². The number of carbonyl (C=O) groups excluding carboxylic acids is 1. The molecule has 0 bridgehead atoms. The summed E-state index contributed by atoms with van der Waals surface area (Å²) in [5, 5.41) is 2.99. The van der Waals surface area contributed by atoms with Crippen LogP contribution >= 0.6 is 0 Å². The van der Waals surface area contributed by atoms with Crippen molar-refractivity contribution in [3.05, 3.63) is 30.4 Å². The zero-order chi connectivity index (χ0) is 20.6. The van der Waals surface area contributed by atoms with Gasteiger partial charge < -0.3 is 9.64 Å². The van der Waals surface area contributed by atoms with Crippen molar-refractivity contribution < 1.29 is 9.53 Å². The highest BCUT2D eigenvalue weighted by Gasteiger charge is 2.23. The van der Waals surface area contributed by atoms with E-state index >= 15 is 0 Å². The monoisotopic (exact) mass is 395 g/mol. The van der Waals surface area contributed by atoms with Gasteiger partial charge in [-0.2, -0.15) is 0 Å². The summed E-state index contributed by atoms with van der Waals surface area (Å²) in [6.07, 6.45) is 8.72. The number of ether oxygens (including phenoxy) is 1. The van der Waals surface area contributed by atoms with E-state index < -0.39 is 0 Å². The second kappa shape index (κ2) is 7.63. The SMILES string of the molecule is COC1CCN(c2ccc3nc(NC(=O)CC(C)(C)C)n(C4=CC=C4)c3n2)CC1. The van der Waals surface area contributed by atoms with E-state index in [0.717, 1.165) is 48.6 Å². The quantitative estimate of drug-likeness (QED) is 0.833. The van der Waals surface area contributed by atoms with Gasteiger partial charge in [0.2, 0.25) is 11.9 Å². The Morgan fingerprint density at radius 3 is 2.55 bits per heavy atom. The van der Waals surface area contributed by atoms with Crippen LogP contribution in [0.25, 0.3) is 16.9 Å². The highest BCUT2D eigenvalue weighted by Crippen LogP contribution is 2.30. The van der Waals surface area contributed by atoms with Gasteiger partial charge in [-0.3, -0.25) is 14.7 Å². The smallest absolute Gasteiger partial charge is 0.227 e. The van der Waals surface area contributed by atoms with Gasteiger partial charge in [-0.15, -0.1) is 0 Å². The fourth-order valence-electron chi connectivity index (χ4n) is 3.75. The predicted octanol–water partition coefficient (Wildman–Crippen LogP) is 3.83. The highest BCUT2D eigenvalue weighted by atomic mass is 16.5. The molecular weight excluding hydrogens is 366 g/mol. The maximum atomic E-state index is 12.5. The highest BCUT2D eigenvalue weighted by molar-refractivity contribution is 5.94. The second-order valence-corrected chi connectivity index (χ2v) is 8.94. The second-order valence-electron chi connectivity index (χ2n) is 8.94. The third kappa shape index (κ3) is 4.19. The zero-order valence-corrected chi connectivity index (χ0v) is 17.6. The van der Waals surface area contributed by atoms with Gasteiger partial charge in [0.25, 0.3) is 0 Å². The lowest BCUT2D eigenvalue weighted by Gasteiger charge is -2.32. The topological polar surface area (TPSA) is 72.3 Å². The number of nitrogens with zero attached hydrogens (tertiary/aromatic N) is 4. The van der Waals surface area contributed by atoms with Crippen molar-refractivity contribution in [1.82, 2.24) is 14.5 Å². The van der Waals surface area contributed by atoms with Crippen molar-refractivity contribution in [2.75, 3.05) is 30.4 Å². The molecule has 1 N–H and O–H groups in total. The first-order valence-electron chi connectivity index (χ1n) is 10.2. The molecule has 1 aliphatic carbocycles. The van der Waals surface area contributed by atoms with Gasteiger partial charge >= 0.3 is 0 Å². The standard InChI is InChI=1S/C22H29N5O2/c1-22(2,3)14-19(28)25-21-23-17-8-9-18(26-12-10-16(29-4)11-13-26)24-20(17)27(21)15-6-5-7-15/h5-9,16H,10-14H2,1-4H3,(H,23,25,28). The van der Waals surface area contributed by atoms with Crippen LogP contribution in [-0.2, 0) is 9.53 Å². The summed E-state index contributed by atoms with van der Waals surface area (Å²) in [5.74, 6) is 1.41. The summed E-state index contributed by atoms with van der Waals surface area (Å²) in [6, 6.07) is 4.00. The molecule has 2 aromatic heterocycles. The molecule has 0 spiro atoms. The third-order valence-corrected chi connectivity index (χ3v) is 5.32. The molecule has 29 heavy (non-hydrogen) atoms. The Morgan fingerprint density at radius 2 is 1.97 bits per heavy atom. The molecular formula is C22H29N5O2. The molecule has 1 amide bonds. The average Bonchev–Trinajstić information content (AvgIpc) is 2.96. The van der Waals surface area contributed by atoms with Crippen molar-refractivity contribution in [2.45, 2.75) is 46.1 Å². The number of nitrogens with one attached hydrogen (secondary N) is 1. The summed E-state index contributed by atoms with van der Waals surface area (Å²) in [7, 11) is 1.78. The average molecular weight is 396 g/mol. The van der Waals surface area contributed by atoms with Crippen molar-refractivity contribution >= 4 is 34.5 Å². The maximum absolute atomic E-state index is 12.5. The van der Waals surface area contributed by atoms with Gasteiger partial charge in [0.1, 0.15) is 11.3 Å². The first-order valence-corrected chi connectivity index (χ1v) is 10.2. The normalized spacial score (nSPS) is 17.4. The lowest BCUT2D eigenvalue weighted by atomic mass is 9.92. The number of rotatable bonds is 5. The number of imidazole rings is 1. The zero-order valence-electron chi connectivity index (χ0n) is 17.6. The van der Waals surface area contributed by atoms with E-state index in [1.165, 1.54) is 0 Å². The number of aromatic nitrogens is 3. The lowest BCUT2D eigenvalue weighted by Crippen LogP contribution is -2.37. The number of fused-ring (bicyclic) bond motifs is 1. The molecule has 0 radical (unpaired) electrons. The Morgan fingerprint density at radius 1 is 1.24 bits per heavy atom. The molecule has 0 atom stereocenters. The van der Waals surface area contributed by atoms with E-state index in [1.54, 1.807) is 7.11 Å². The number of carbonyl (C=O) groups is 1. The molecule has 2 aliphatic rings. The molecule has 1 saturated heterocycles. The molecule has 3 heterocycles. The molecule has 1 fully saturated rings. The number of pyridine rings is 1. The van der Waals surface area contributed by atoms with Crippen molar-refractivity contribution in [3.63, 3.8) is 0 Å². The minimum atomic E-state index is -0.0870. The van der Waals surface area contributed by atoms with E-state index in [-0.39, 0.29) is 11.3 Å². The number of hydrogen-bond acceptors (Lipinski definition) is 5. The van der Waals surface area contributed by atoms with Gasteiger partial charge in [-0.1, -0.05) is 26.8 Å². The molecule has 7 heteroatoms. The Balaban J connectivity index is 1.64. The molecule has 1 aliphatic heterocycles. The summed E-state index contributed by atoms with van der Waals surface area (Å²) < 4.78 is 7.41. The minimum Gasteiger partial charge on any atom is -0.381 e. The molecule has 2 aromatic rings. The number of methoxy groups -OCH3 is 1. The summed E-state index contributed by atoms with van der Waals surface area (Å²) >= 11 is 0. The van der Waals surface area contributed by atoms with Crippen LogP contribution in [0.4, 0.5) is 11.8 Å². The van der Waals surface area contributed by atoms with Gasteiger partial charge in [0.05, 0.1) is 11.8 Å². The van der Waals surface area contributed by atoms with Crippen LogP contribution in [-0.4, -0.2) is 46.7 Å². The molecule has 4 rings (SSSR count). The van der Waals surface area contributed by atoms with Gasteiger partial charge in [-0.25, -0.2) is 9.97 Å². The predicted molar refractivity (Wildman–Crippen MR) is 116 cm³/mol. The lowest BCUT2D eigenvalue weighted by molar-refractivity contribution is -0.117. The Kier molecular flexibility index (Phi) is 5.17. The number of anilines is 2. The van der Waals surface area contributed by atoms with Gasteiger partial charge in [0.15, 0.2) is 5.65 Å². The van der Waals surface area contributed by atoms with E-state index in [0.29, 0.717) is 18.5 Å². The minimum absolute atomic E-state index is 0.0418. The fourth-order valence-corrected chi connectivity index (χ4v) is 3.75. The summed E-state index contributed by atoms with van der Waals surface area (Å²) in [6.45, 7) is 7.99. The third-order valence-electron chi connectivity index (χ3n) is 5.32. The summed E-state index contributed by atoms with van der Waals surface area (Å²) in [5.41, 5.74) is 2.42. The number of amides is 1. The van der Waals surface area contributed by atoms with Crippen LogP contribution in [0.15, 0.2) is 30.4 Å². The van der Waals surface area contributed by atoms with Crippen LogP contribution < -0.4 is 10.2 Å². The van der Waals surface area contributed by atoms with Crippen molar-refractivity contribution in [2.24, 2.45) is 5.41 Å². The van der Waals surface area contributed by atoms with Crippen LogP contribution in [0, 0.1) is 5.41 Å². The number of hydrogen-bond donors (Lipinski definition) is 1. The van der Waals surface area contributed by atoms with E-state index in [9.17, 15) is 4.79 Å². The largest absolute Gasteiger partial charge is 0.381 e. The van der Waals surface area contributed by atoms with Crippen LogP contribution in [0.2, 0.25) is 0 Å². The number of allylic oxidation sites excluding steroid dienone is 4. The van der Waals surface area contributed by atoms with E-state index in [2.05, 4.69) is 15.2 Å². The molecule has 0 aromatic carbocycles. The fraction of sp³-hybridized carbons (Fsp3) is 0.500. The molecule has 0 saturated carbocycles. The Bertz CT molecular complexity index is 975. The van der Waals surface area contributed by atoms with Crippen LogP contribution in [0.1, 0.15) is 40.0 Å². The van der Waals surface area contributed by atoms with Crippen molar-refractivity contribution in [3.8, 4) is 0 Å². The van der Waals surface area contributed by atoms with E-state index in [4.69, 9.17) is 9.72 Å². The van der Waals surface area contributed by atoms with Crippen molar-refractivity contribution in [1.29, 1.82) is 0 Å². The maximum Gasteiger partial charge on any atom is 0.227 e. The van der Waals surface area contributed by atoms with Crippen LogP contribution in [0.5, 0.6) is 0 Å². The van der Waals surface area contributed by atoms with Gasteiger partial charge in [-0.05, 0) is 42.5 Å². The number of piperidine rings is 1. The Hall–Kier alpha value is -2.67. The molecule has 7 nitrogen and oxygen atoms in total. The first-order chi connectivity index (χ1) is 13.8. The first kappa shape index (κ1) is 19.6. The molecule has 0 unspecified atom stereocenters. The Labute approximate surface area is 171 Å².